The van der Waals surface area contributed by atoms with E-state index in [1.165, 1.54) is 4.90 Å². The molecule has 14 heteroatoms. The Morgan fingerprint density at radius 3 is 2.70 bits per heavy atom. The molecular weight excluding hydrogens is 566 g/mol. The summed E-state index contributed by atoms with van der Waals surface area (Å²) in [6.45, 7) is 7.73. The molecule has 44 heavy (non-hydrogen) atoms. The molecular formula is C30H31N9O5. The number of fused-ring (bicyclic) bond motifs is 1. The van der Waals surface area contributed by atoms with Crippen molar-refractivity contribution in [1.82, 2.24) is 39.1 Å². The molecule has 2 aliphatic rings. The van der Waals surface area contributed by atoms with Crippen molar-refractivity contribution in [2.24, 2.45) is 0 Å². The smallest absolute Gasteiger partial charge is 0.407 e. The Kier molecular flexibility index (Phi) is 7.28. The molecule has 0 bridgehead atoms. The quantitative estimate of drug-likeness (QED) is 0.272. The molecule has 2 amide bonds. The summed E-state index contributed by atoms with van der Waals surface area (Å²) in [6.07, 6.45) is 6.31. The van der Waals surface area contributed by atoms with Crippen LogP contribution in [0, 0.1) is 6.92 Å². The molecule has 0 radical (unpaired) electrons. The molecule has 6 heterocycles. The zero-order valence-corrected chi connectivity index (χ0v) is 24.1. The van der Waals surface area contributed by atoms with E-state index in [1.807, 2.05) is 54.5 Å². The van der Waals surface area contributed by atoms with E-state index in [2.05, 4.69) is 30.4 Å². The van der Waals surface area contributed by atoms with Gasteiger partial charge in [0.15, 0.2) is 0 Å². The molecule has 7 rings (SSSR count). The number of nitrogens with zero attached hydrogens (tertiary/aromatic N) is 8. The molecule has 0 unspecified atom stereocenters. The Balaban J connectivity index is 1.03. The number of likely N-dealkylation sites (tertiary alicyclic amines) is 1. The standard InChI is InChI=1S/C30H31N9O5/c1-19-2-3-21(27-34-29(44-35-27)23-16-37(17-23)30(41)42)12-24(19)33-28(40)25-15-31-26-13-20(4-5-39(25)26)22-14-32-38(18-22)7-6-36-8-10-43-11-9-36/h2-5,12-15,18,23H,6-11,16-17H2,1H3,(H,33,40)(H,41,42). The van der Waals surface area contributed by atoms with Gasteiger partial charge in [-0.25, -0.2) is 9.78 Å². The van der Waals surface area contributed by atoms with Crippen molar-refractivity contribution in [3.8, 4) is 22.5 Å². The topological polar surface area (TPSA) is 156 Å². The molecule has 5 aromatic rings. The molecule has 2 fully saturated rings. The third-order valence-electron chi connectivity index (χ3n) is 8.15. The molecule has 226 valence electrons. The number of nitrogens with one attached hydrogen (secondary N) is 1. The maximum Gasteiger partial charge on any atom is 0.407 e. The van der Waals surface area contributed by atoms with Gasteiger partial charge >= 0.3 is 6.09 Å². The molecule has 2 saturated heterocycles. The molecule has 0 spiro atoms. The molecule has 1 aromatic carbocycles. The Hall–Kier alpha value is -5.08. The maximum absolute atomic E-state index is 13.4. The van der Waals surface area contributed by atoms with Crippen molar-refractivity contribution >= 4 is 23.3 Å². The minimum atomic E-state index is -0.964. The van der Waals surface area contributed by atoms with E-state index in [0.717, 1.165) is 56.1 Å². The Morgan fingerprint density at radius 2 is 1.89 bits per heavy atom. The maximum atomic E-state index is 13.4. The van der Waals surface area contributed by atoms with E-state index in [1.54, 1.807) is 16.7 Å². The number of benzene rings is 1. The number of aryl methyl sites for hydroxylation is 1. The van der Waals surface area contributed by atoms with Crippen LogP contribution in [0.3, 0.4) is 0 Å². The lowest BCUT2D eigenvalue weighted by molar-refractivity contribution is 0.0360. The highest BCUT2D eigenvalue weighted by Gasteiger charge is 2.35. The highest BCUT2D eigenvalue weighted by molar-refractivity contribution is 6.04. The first-order chi connectivity index (χ1) is 21.4. The molecule has 2 aliphatic heterocycles. The van der Waals surface area contributed by atoms with E-state index in [0.29, 0.717) is 47.4 Å². The van der Waals surface area contributed by atoms with E-state index < -0.39 is 6.09 Å². The van der Waals surface area contributed by atoms with Crippen LogP contribution in [0.4, 0.5) is 10.5 Å². The summed E-state index contributed by atoms with van der Waals surface area (Å²) in [5.74, 6) is 0.341. The van der Waals surface area contributed by atoms with E-state index >= 15 is 0 Å². The third-order valence-corrected chi connectivity index (χ3v) is 8.15. The predicted molar refractivity (Wildman–Crippen MR) is 158 cm³/mol. The van der Waals surface area contributed by atoms with Crippen LogP contribution in [-0.2, 0) is 11.3 Å². The Labute approximate surface area is 251 Å². The monoisotopic (exact) mass is 597 g/mol. The molecule has 4 aromatic heterocycles. The van der Waals surface area contributed by atoms with Crippen LogP contribution in [0.25, 0.3) is 28.2 Å². The summed E-state index contributed by atoms with van der Waals surface area (Å²) in [5, 5.41) is 20.7. The number of pyridine rings is 1. The molecule has 14 nitrogen and oxygen atoms in total. The average molecular weight is 598 g/mol. The lowest BCUT2D eigenvalue weighted by Gasteiger charge is -2.34. The minimum Gasteiger partial charge on any atom is -0.465 e. The predicted octanol–water partition coefficient (Wildman–Crippen LogP) is 3.22. The van der Waals surface area contributed by atoms with Gasteiger partial charge in [0.25, 0.3) is 5.91 Å². The van der Waals surface area contributed by atoms with Crippen LogP contribution < -0.4 is 5.32 Å². The molecule has 0 saturated carbocycles. The number of carbonyl (C=O) groups is 2. The second kappa shape index (κ2) is 11.5. The number of rotatable bonds is 8. The van der Waals surface area contributed by atoms with Crippen LogP contribution in [0.1, 0.15) is 27.9 Å². The van der Waals surface area contributed by atoms with Crippen LogP contribution in [0.5, 0.6) is 0 Å². The van der Waals surface area contributed by atoms with Gasteiger partial charge in [0.05, 0.1) is 38.1 Å². The number of carbonyl (C=O) groups excluding carboxylic acids is 1. The van der Waals surface area contributed by atoms with Gasteiger partial charge in [0.2, 0.25) is 11.7 Å². The first-order valence-electron chi connectivity index (χ1n) is 14.4. The van der Waals surface area contributed by atoms with Crippen molar-refractivity contribution in [3.05, 3.63) is 72.3 Å². The number of ether oxygens (including phenoxy) is 1. The summed E-state index contributed by atoms with van der Waals surface area (Å²) in [4.78, 5) is 37.0. The normalized spacial score (nSPS) is 15.9. The van der Waals surface area contributed by atoms with Crippen LogP contribution in [0.2, 0.25) is 0 Å². The van der Waals surface area contributed by atoms with E-state index in [-0.39, 0.29) is 11.8 Å². The lowest BCUT2D eigenvalue weighted by atomic mass is 10.0. The third kappa shape index (κ3) is 5.52. The second-order valence-electron chi connectivity index (χ2n) is 11.1. The van der Waals surface area contributed by atoms with Crippen molar-refractivity contribution < 1.29 is 24.0 Å². The highest BCUT2D eigenvalue weighted by atomic mass is 16.5. The summed E-state index contributed by atoms with van der Waals surface area (Å²) in [6, 6.07) is 9.41. The van der Waals surface area contributed by atoms with Gasteiger partial charge in [-0.2, -0.15) is 10.1 Å². The number of amides is 2. The van der Waals surface area contributed by atoms with Crippen LogP contribution in [-0.4, -0.2) is 102 Å². The van der Waals surface area contributed by atoms with Crippen molar-refractivity contribution in [2.75, 3.05) is 51.3 Å². The number of anilines is 1. The number of carboxylic acid groups (broad SMARTS) is 1. The highest BCUT2D eigenvalue weighted by Crippen LogP contribution is 2.29. The van der Waals surface area contributed by atoms with Gasteiger partial charge < -0.3 is 24.6 Å². The number of hydrogen-bond donors (Lipinski definition) is 2. The SMILES string of the molecule is Cc1ccc(-c2noc(C3CN(C(=O)O)C3)n2)cc1NC(=O)c1cnc2cc(-c3cnn(CCN4CCOCC4)c3)ccn12. The minimum absolute atomic E-state index is 0.121. The van der Waals surface area contributed by atoms with Gasteiger partial charge in [-0.15, -0.1) is 0 Å². The van der Waals surface area contributed by atoms with Crippen molar-refractivity contribution in [3.63, 3.8) is 0 Å². The van der Waals surface area contributed by atoms with Gasteiger partial charge in [-0.1, -0.05) is 17.3 Å². The lowest BCUT2D eigenvalue weighted by Crippen LogP contribution is -2.47. The number of morpholine rings is 1. The van der Waals surface area contributed by atoms with Crippen LogP contribution in [0.15, 0.2) is 59.6 Å². The Morgan fingerprint density at radius 1 is 1.05 bits per heavy atom. The van der Waals surface area contributed by atoms with Crippen molar-refractivity contribution in [1.29, 1.82) is 0 Å². The van der Waals surface area contributed by atoms with Crippen LogP contribution >= 0.6 is 0 Å². The largest absolute Gasteiger partial charge is 0.465 e. The first kappa shape index (κ1) is 27.7. The molecule has 0 aliphatic carbocycles. The van der Waals surface area contributed by atoms with Gasteiger partial charge in [-0.3, -0.25) is 18.8 Å². The number of hydrogen-bond acceptors (Lipinski definition) is 9. The number of imidazole rings is 1. The fraction of sp³-hybridized carbons (Fsp3) is 0.333. The van der Waals surface area contributed by atoms with E-state index in [9.17, 15) is 9.59 Å². The van der Waals surface area contributed by atoms with Gasteiger partial charge in [0.1, 0.15) is 11.3 Å². The number of aromatic nitrogens is 6. The zero-order valence-electron chi connectivity index (χ0n) is 24.1. The van der Waals surface area contributed by atoms with Gasteiger partial charge in [-0.05, 0) is 36.2 Å². The summed E-state index contributed by atoms with van der Waals surface area (Å²) in [7, 11) is 0. The van der Waals surface area contributed by atoms with Gasteiger partial charge in [0, 0.05) is 61.9 Å². The van der Waals surface area contributed by atoms with Crippen molar-refractivity contribution in [2.45, 2.75) is 19.4 Å². The summed E-state index contributed by atoms with van der Waals surface area (Å²) in [5.41, 5.74) is 5.14. The summed E-state index contributed by atoms with van der Waals surface area (Å²) >= 11 is 0. The summed E-state index contributed by atoms with van der Waals surface area (Å²) < 4.78 is 14.5. The fourth-order valence-corrected chi connectivity index (χ4v) is 5.42. The molecule has 0 atom stereocenters. The fourth-order valence-electron chi connectivity index (χ4n) is 5.42. The second-order valence-corrected chi connectivity index (χ2v) is 11.1. The zero-order chi connectivity index (χ0) is 30.2. The molecule has 2 N–H and O–H groups in total. The first-order valence-corrected chi connectivity index (χ1v) is 14.4. The average Bonchev–Trinajstić information content (AvgIpc) is 3.77. The Bertz CT molecular complexity index is 1830. The van der Waals surface area contributed by atoms with E-state index in [4.69, 9.17) is 14.4 Å².